The molecule has 1 aromatic rings. The normalized spacial score (nSPS) is 9.92. The van der Waals surface area contributed by atoms with Gasteiger partial charge in [0.1, 0.15) is 0 Å². The van der Waals surface area contributed by atoms with Crippen LogP contribution in [0.5, 0.6) is 5.88 Å². The first-order valence-electron chi connectivity index (χ1n) is 4.27. The van der Waals surface area contributed by atoms with E-state index in [-0.39, 0.29) is 0 Å². The fourth-order valence-corrected chi connectivity index (χ4v) is 1.24. The highest BCUT2D eigenvalue weighted by molar-refractivity contribution is 5.24. The molecule has 0 saturated heterocycles. The highest BCUT2D eigenvalue weighted by Crippen LogP contribution is 2.12. The predicted octanol–water partition coefficient (Wildman–Crippen LogP) is 2.35. The first kappa shape index (κ1) is 9.04. The van der Waals surface area contributed by atoms with Crippen molar-refractivity contribution in [1.29, 1.82) is 0 Å². The van der Waals surface area contributed by atoms with Gasteiger partial charge in [-0.1, -0.05) is 13.3 Å². The zero-order chi connectivity index (χ0) is 8.97. The van der Waals surface area contributed by atoms with Gasteiger partial charge in [-0.3, -0.25) is 0 Å². The van der Waals surface area contributed by atoms with Crippen molar-refractivity contribution in [1.82, 2.24) is 4.98 Å². The Balaban J connectivity index is 2.90. The molecule has 2 heteroatoms. The molecule has 12 heavy (non-hydrogen) atoms. The van der Waals surface area contributed by atoms with Gasteiger partial charge in [-0.25, -0.2) is 4.98 Å². The second-order valence-electron chi connectivity index (χ2n) is 2.91. The number of rotatable bonds is 3. The van der Waals surface area contributed by atoms with E-state index < -0.39 is 0 Å². The third kappa shape index (κ3) is 2.22. The van der Waals surface area contributed by atoms with Crippen LogP contribution in [0.2, 0.25) is 0 Å². The van der Waals surface area contributed by atoms with Crippen LogP contribution >= 0.6 is 0 Å². The number of aromatic nitrogens is 1. The van der Waals surface area contributed by atoms with Crippen molar-refractivity contribution in [2.24, 2.45) is 0 Å². The molecule has 0 N–H and O–H groups in total. The highest BCUT2D eigenvalue weighted by atomic mass is 16.5. The van der Waals surface area contributed by atoms with Gasteiger partial charge >= 0.3 is 0 Å². The van der Waals surface area contributed by atoms with Crippen LogP contribution in [-0.4, -0.2) is 12.1 Å². The Bertz CT molecular complexity index is 258. The lowest BCUT2D eigenvalue weighted by Crippen LogP contribution is -1.93. The molecule has 0 aliphatic carbocycles. The molecular weight excluding hydrogens is 150 g/mol. The van der Waals surface area contributed by atoms with Crippen molar-refractivity contribution < 1.29 is 4.74 Å². The Hall–Kier alpha value is -1.05. The zero-order valence-corrected chi connectivity index (χ0v) is 7.92. The van der Waals surface area contributed by atoms with Crippen LogP contribution in [0, 0.1) is 6.92 Å². The van der Waals surface area contributed by atoms with Crippen molar-refractivity contribution in [2.75, 3.05) is 7.11 Å². The molecule has 0 aliphatic heterocycles. The Kier molecular flexibility index (Phi) is 3.09. The minimum Gasteiger partial charge on any atom is -0.481 e. The summed E-state index contributed by atoms with van der Waals surface area (Å²) in [5, 5.41) is 0. The lowest BCUT2D eigenvalue weighted by molar-refractivity contribution is 0.396. The molecule has 1 heterocycles. The Morgan fingerprint density at radius 1 is 1.42 bits per heavy atom. The molecule has 0 unspecified atom stereocenters. The first-order chi connectivity index (χ1) is 5.76. The lowest BCUT2D eigenvalue weighted by Gasteiger charge is -2.03. The molecular formula is C10H15NO. The molecule has 0 atom stereocenters. The van der Waals surface area contributed by atoms with Gasteiger partial charge in [0.25, 0.3) is 0 Å². The van der Waals surface area contributed by atoms with Crippen LogP contribution in [0.4, 0.5) is 0 Å². The first-order valence-corrected chi connectivity index (χ1v) is 4.27. The van der Waals surface area contributed by atoms with E-state index in [0.29, 0.717) is 0 Å². The molecule has 0 radical (unpaired) electrons. The standard InChI is InChI=1S/C10H15NO/c1-4-5-9-6-8(2)11-10(7-9)12-3/h6-7H,4-5H2,1-3H3. The van der Waals surface area contributed by atoms with E-state index in [1.54, 1.807) is 7.11 Å². The van der Waals surface area contributed by atoms with Crippen LogP contribution in [0.25, 0.3) is 0 Å². The fraction of sp³-hybridized carbons (Fsp3) is 0.500. The number of hydrogen-bond donors (Lipinski definition) is 0. The molecule has 2 nitrogen and oxygen atoms in total. The molecule has 0 saturated carbocycles. The number of hydrogen-bond acceptors (Lipinski definition) is 2. The Morgan fingerprint density at radius 3 is 2.75 bits per heavy atom. The largest absolute Gasteiger partial charge is 0.481 e. The third-order valence-corrected chi connectivity index (χ3v) is 1.74. The van der Waals surface area contributed by atoms with Gasteiger partial charge in [-0.05, 0) is 25.0 Å². The molecule has 1 aromatic heterocycles. The summed E-state index contributed by atoms with van der Waals surface area (Å²) in [6, 6.07) is 4.10. The molecule has 0 aromatic carbocycles. The van der Waals surface area contributed by atoms with Crippen LogP contribution in [-0.2, 0) is 6.42 Å². The van der Waals surface area contributed by atoms with Crippen molar-refractivity contribution in [3.05, 3.63) is 23.4 Å². The van der Waals surface area contributed by atoms with E-state index in [1.165, 1.54) is 5.56 Å². The van der Waals surface area contributed by atoms with Crippen molar-refractivity contribution in [3.63, 3.8) is 0 Å². The molecule has 0 bridgehead atoms. The maximum atomic E-state index is 5.07. The zero-order valence-electron chi connectivity index (χ0n) is 7.92. The third-order valence-electron chi connectivity index (χ3n) is 1.74. The highest BCUT2D eigenvalue weighted by Gasteiger charge is 1.98. The van der Waals surface area contributed by atoms with Crippen LogP contribution in [0.15, 0.2) is 12.1 Å². The predicted molar refractivity (Wildman–Crippen MR) is 49.5 cm³/mol. The topological polar surface area (TPSA) is 22.1 Å². The van der Waals surface area contributed by atoms with Gasteiger partial charge in [0.05, 0.1) is 7.11 Å². The summed E-state index contributed by atoms with van der Waals surface area (Å²) in [7, 11) is 1.65. The van der Waals surface area contributed by atoms with E-state index in [4.69, 9.17) is 4.74 Å². The average Bonchev–Trinajstić information content (AvgIpc) is 2.04. The van der Waals surface area contributed by atoms with Gasteiger partial charge < -0.3 is 4.74 Å². The number of ether oxygens (including phenoxy) is 1. The molecule has 0 aliphatic rings. The Labute approximate surface area is 73.6 Å². The summed E-state index contributed by atoms with van der Waals surface area (Å²) in [5.74, 6) is 0.721. The summed E-state index contributed by atoms with van der Waals surface area (Å²) in [4.78, 5) is 4.21. The molecule has 0 fully saturated rings. The quantitative estimate of drug-likeness (QED) is 0.686. The summed E-state index contributed by atoms with van der Waals surface area (Å²) in [6.45, 7) is 4.16. The minimum atomic E-state index is 0.721. The monoisotopic (exact) mass is 165 g/mol. The smallest absolute Gasteiger partial charge is 0.213 e. The molecule has 0 amide bonds. The maximum Gasteiger partial charge on any atom is 0.213 e. The lowest BCUT2D eigenvalue weighted by atomic mass is 10.1. The second-order valence-corrected chi connectivity index (χ2v) is 2.91. The summed E-state index contributed by atoms with van der Waals surface area (Å²) < 4.78 is 5.07. The fourth-order valence-electron chi connectivity index (χ4n) is 1.24. The number of pyridine rings is 1. The van der Waals surface area contributed by atoms with Gasteiger partial charge in [-0.15, -0.1) is 0 Å². The SMILES string of the molecule is CCCc1cc(C)nc(OC)c1. The second kappa shape index (κ2) is 4.10. The van der Waals surface area contributed by atoms with Gasteiger partial charge in [0.15, 0.2) is 0 Å². The van der Waals surface area contributed by atoms with Crippen molar-refractivity contribution in [3.8, 4) is 5.88 Å². The summed E-state index contributed by atoms with van der Waals surface area (Å²) in [5.41, 5.74) is 2.33. The van der Waals surface area contributed by atoms with E-state index in [2.05, 4.69) is 18.0 Å². The van der Waals surface area contributed by atoms with E-state index in [9.17, 15) is 0 Å². The van der Waals surface area contributed by atoms with E-state index >= 15 is 0 Å². The van der Waals surface area contributed by atoms with Gasteiger partial charge in [0.2, 0.25) is 5.88 Å². The van der Waals surface area contributed by atoms with E-state index in [0.717, 1.165) is 24.4 Å². The summed E-state index contributed by atoms with van der Waals surface area (Å²) in [6.07, 6.45) is 2.26. The van der Waals surface area contributed by atoms with Crippen LogP contribution < -0.4 is 4.74 Å². The molecule has 66 valence electrons. The van der Waals surface area contributed by atoms with Crippen LogP contribution in [0.1, 0.15) is 24.6 Å². The van der Waals surface area contributed by atoms with E-state index in [1.807, 2.05) is 13.0 Å². The number of methoxy groups -OCH3 is 1. The van der Waals surface area contributed by atoms with Gasteiger partial charge in [0, 0.05) is 11.8 Å². The number of aryl methyl sites for hydroxylation is 2. The summed E-state index contributed by atoms with van der Waals surface area (Å²) >= 11 is 0. The van der Waals surface area contributed by atoms with Crippen molar-refractivity contribution in [2.45, 2.75) is 26.7 Å². The minimum absolute atomic E-state index is 0.721. The Morgan fingerprint density at radius 2 is 2.17 bits per heavy atom. The van der Waals surface area contributed by atoms with Gasteiger partial charge in [-0.2, -0.15) is 0 Å². The average molecular weight is 165 g/mol. The molecule has 0 spiro atoms. The molecule has 1 rings (SSSR count). The van der Waals surface area contributed by atoms with Crippen LogP contribution in [0.3, 0.4) is 0 Å². The maximum absolute atomic E-state index is 5.07. The number of nitrogens with zero attached hydrogens (tertiary/aromatic N) is 1. The van der Waals surface area contributed by atoms with Crippen molar-refractivity contribution >= 4 is 0 Å².